The molecule has 0 bridgehead atoms. The molecule has 1 spiro atoms. The lowest BCUT2D eigenvalue weighted by molar-refractivity contribution is -0.146. The quantitative estimate of drug-likeness (QED) is 0.0708. The third kappa shape index (κ3) is 12.4. The van der Waals surface area contributed by atoms with Gasteiger partial charge < -0.3 is 45.5 Å². The van der Waals surface area contributed by atoms with Crippen molar-refractivity contribution in [3.8, 4) is 0 Å². The Labute approximate surface area is 283 Å². The number of carbonyl (C=O) groups is 4. The van der Waals surface area contributed by atoms with Gasteiger partial charge in [0.25, 0.3) is 6.47 Å². The van der Waals surface area contributed by atoms with E-state index in [4.69, 9.17) is 34.6 Å². The number of aliphatic hydroxyl groups is 1. The van der Waals surface area contributed by atoms with Crippen molar-refractivity contribution in [2.45, 2.75) is 146 Å². The van der Waals surface area contributed by atoms with Crippen molar-refractivity contribution in [3.63, 3.8) is 0 Å². The molecule has 3 aliphatic heterocycles. The molecule has 3 heterocycles. The van der Waals surface area contributed by atoms with Crippen LogP contribution in [0.2, 0.25) is 0 Å². The zero-order chi connectivity index (χ0) is 35.4. The number of ether oxygens (including phenoxy) is 4. The van der Waals surface area contributed by atoms with Gasteiger partial charge in [-0.15, -0.1) is 0 Å². The van der Waals surface area contributed by atoms with E-state index in [0.717, 1.165) is 37.7 Å². The molecule has 6 N–H and O–H groups in total. The maximum atomic E-state index is 12.8. The fourth-order valence-corrected chi connectivity index (χ4v) is 6.64. The third-order valence-corrected chi connectivity index (χ3v) is 9.47. The Balaban J connectivity index is 0.00000201. The SMILES string of the molecule is CC(=O)O[C@@H](C)/C=C\C(=O)N[C@@H]1C[C@H](C)[C@H](C/C=C(C)/C=C/[C@H]2O[C@H](CC(=O)NC3CCC(N)CC3)C[C@@]3(CO3)[C@@H]2O)O[C@@H]1C.O=CO. The van der Waals surface area contributed by atoms with Crippen LogP contribution in [0.15, 0.2) is 36.0 Å². The molecule has 13 heteroatoms. The molecule has 270 valence electrons. The van der Waals surface area contributed by atoms with Gasteiger partial charge in [0.1, 0.15) is 23.9 Å². The van der Waals surface area contributed by atoms with Crippen LogP contribution in [-0.2, 0) is 38.1 Å². The Kier molecular flexibility index (Phi) is 15.2. The Hall–Kier alpha value is -3.10. The van der Waals surface area contributed by atoms with E-state index in [1.165, 1.54) is 13.0 Å². The topological polar surface area (TPSA) is 199 Å². The van der Waals surface area contributed by atoms with Gasteiger partial charge in [0.15, 0.2) is 0 Å². The maximum Gasteiger partial charge on any atom is 0.303 e. The number of rotatable bonds is 11. The van der Waals surface area contributed by atoms with Crippen molar-refractivity contribution in [1.82, 2.24) is 10.6 Å². The molecule has 3 saturated heterocycles. The molecule has 1 saturated carbocycles. The van der Waals surface area contributed by atoms with Gasteiger partial charge in [-0.05, 0) is 71.3 Å². The van der Waals surface area contributed by atoms with Crippen molar-refractivity contribution >= 4 is 24.3 Å². The van der Waals surface area contributed by atoms with Gasteiger partial charge in [0, 0.05) is 31.5 Å². The lowest BCUT2D eigenvalue weighted by Crippen LogP contribution is -2.51. The summed E-state index contributed by atoms with van der Waals surface area (Å²) in [7, 11) is 0. The molecule has 13 nitrogen and oxygen atoms in total. The summed E-state index contributed by atoms with van der Waals surface area (Å²) in [5, 5.41) is 24.0. The van der Waals surface area contributed by atoms with E-state index in [9.17, 15) is 19.5 Å². The van der Waals surface area contributed by atoms with Crippen LogP contribution in [0.1, 0.15) is 86.0 Å². The van der Waals surface area contributed by atoms with Gasteiger partial charge >= 0.3 is 5.97 Å². The minimum atomic E-state index is -0.796. The predicted molar refractivity (Wildman–Crippen MR) is 178 cm³/mol. The van der Waals surface area contributed by atoms with Gasteiger partial charge in [0.2, 0.25) is 11.8 Å². The molecule has 48 heavy (non-hydrogen) atoms. The number of epoxide rings is 1. The average molecular weight is 678 g/mol. The number of nitrogens with two attached hydrogens (primary N) is 1. The Morgan fingerprint density at radius 1 is 1.08 bits per heavy atom. The van der Waals surface area contributed by atoms with Gasteiger partial charge in [-0.3, -0.25) is 19.2 Å². The second-order valence-corrected chi connectivity index (χ2v) is 13.6. The first-order valence-electron chi connectivity index (χ1n) is 17.0. The summed E-state index contributed by atoms with van der Waals surface area (Å²) in [5.74, 6) is -0.455. The molecule has 4 rings (SSSR count). The maximum absolute atomic E-state index is 12.8. The highest BCUT2D eigenvalue weighted by atomic mass is 16.6. The van der Waals surface area contributed by atoms with Crippen LogP contribution in [0, 0.1) is 5.92 Å². The molecule has 9 atom stereocenters. The number of hydrogen-bond donors (Lipinski definition) is 5. The molecule has 2 amide bonds. The van der Waals surface area contributed by atoms with Gasteiger partial charge in [-0.1, -0.05) is 30.7 Å². The van der Waals surface area contributed by atoms with Crippen LogP contribution in [0.25, 0.3) is 0 Å². The molecule has 4 fully saturated rings. The van der Waals surface area contributed by atoms with Crippen LogP contribution < -0.4 is 16.4 Å². The summed E-state index contributed by atoms with van der Waals surface area (Å²) < 4.78 is 23.2. The Morgan fingerprint density at radius 2 is 1.75 bits per heavy atom. The minimum Gasteiger partial charge on any atom is -0.483 e. The van der Waals surface area contributed by atoms with Crippen LogP contribution in [-0.4, -0.2) is 101 Å². The Bertz CT molecular complexity index is 1180. The highest BCUT2D eigenvalue weighted by Gasteiger charge is 2.58. The highest BCUT2D eigenvalue weighted by Crippen LogP contribution is 2.43. The fourth-order valence-electron chi connectivity index (χ4n) is 6.64. The van der Waals surface area contributed by atoms with Crippen molar-refractivity contribution in [3.05, 3.63) is 36.0 Å². The van der Waals surface area contributed by atoms with E-state index < -0.39 is 29.9 Å². The highest BCUT2D eigenvalue weighted by molar-refractivity contribution is 5.87. The van der Waals surface area contributed by atoms with Crippen molar-refractivity contribution in [2.75, 3.05) is 6.61 Å². The van der Waals surface area contributed by atoms with Crippen LogP contribution in [0.5, 0.6) is 0 Å². The fraction of sp³-hybridized carbons (Fsp3) is 0.714. The normalized spacial score (nSPS) is 35.7. The minimum absolute atomic E-state index is 0.00141. The molecular formula is C35H55N3O10. The summed E-state index contributed by atoms with van der Waals surface area (Å²) in [6.45, 7) is 9.33. The summed E-state index contributed by atoms with van der Waals surface area (Å²) in [6, 6.07) is 0.266. The van der Waals surface area contributed by atoms with E-state index in [-0.39, 0.29) is 67.1 Å². The second-order valence-electron chi connectivity index (χ2n) is 13.6. The van der Waals surface area contributed by atoms with Crippen LogP contribution >= 0.6 is 0 Å². The molecular weight excluding hydrogens is 622 g/mol. The van der Waals surface area contributed by atoms with Crippen molar-refractivity contribution in [2.24, 2.45) is 11.7 Å². The smallest absolute Gasteiger partial charge is 0.303 e. The lowest BCUT2D eigenvalue weighted by atomic mass is 9.87. The number of esters is 1. The monoisotopic (exact) mass is 677 g/mol. The molecule has 1 aliphatic carbocycles. The first kappa shape index (κ1) is 39.3. The number of nitrogens with one attached hydrogen (secondary N) is 2. The van der Waals surface area contributed by atoms with Crippen LogP contribution in [0.3, 0.4) is 0 Å². The molecule has 0 unspecified atom stereocenters. The molecule has 0 aromatic heterocycles. The largest absolute Gasteiger partial charge is 0.483 e. The number of carbonyl (C=O) groups excluding carboxylic acids is 3. The summed E-state index contributed by atoms with van der Waals surface area (Å²) in [6.07, 6.45) is 12.4. The third-order valence-electron chi connectivity index (χ3n) is 9.47. The standard InChI is InChI=1S/C34H53N3O8.CH2O2/c1-20(6-13-29-21(2)16-28(23(4)44-29)37-31(39)15-8-22(3)43-24(5)38)7-14-30-33(41)34(19-42-34)18-27(45-30)17-32(40)36-26-11-9-25(35)10-12-26;2-1-3/h6-8,14-15,21-23,25-30,33,41H,9-13,16-19,35H2,1-5H3,(H,36,40)(H,37,39);1H,(H,2,3)/b14-7+,15-8-,20-6+;/t21-,22-,23+,25?,26?,27+,28+,29-,30+,33+,34+;/m0./s1. The summed E-state index contributed by atoms with van der Waals surface area (Å²) >= 11 is 0. The van der Waals surface area contributed by atoms with E-state index >= 15 is 0 Å². The summed E-state index contributed by atoms with van der Waals surface area (Å²) in [5.41, 5.74) is 6.36. The summed E-state index contributed by atoms with van der Waals surface area (Å²) in [4.78, 5) is 44.6. The van der Waals surface area contributed by atoms with Crippen molar-refractivity contribution < 1.29 is 48.3 Å². The number of aliphatic hydroxyl groups excluding tert-OH is 1. The second kappa shape index (κ2) is 18.6. The van der Waals surface area contributed by atoms with E-state index in [2.05, 4.69) is 23.6 Å². The van der Waals surface area contributed by atoms with Gasteiger partial charge in [-0.25, -0.2) is 0 Å². The van der Waals surface area contributed by atoms with E-state index in [1.54, 1.807) is 13.0 Å². The average Bonchev–Trinajstić information content (AvgIpc) is 3.79. The number of carboxylic acid groups (broad SMARTS) is 1. The predicted octanol–water partition coefficient (Wildman–Crippen LogP) is 2.45. The zero-order valence-corrected chi connectivity index (χ0v) is 28.8. The van der Waals surface area contributed by atoms with E-state index in [0.29, 0.717) is 19.4 Å². The van der Waals surface area contributed by atoms with Crippen molar-refractivity contribution in [1.29, 1.82) is 0 Å². The molecule has 0 aromatic carbocycles. The van der Waals surface area contributed by atoms with Crippen LogP contribution in [0.4, 0.5) is 0 Å². The number of allylic oxidation sites excluding steroid dienone is 2. The van der Waals surface area contributed by atoms with E-state index in [1.807, 2.05) is 26.0 Å². The number of amides is 2. The Morgan fingerprint density at radius 3 is 2.38 bits per heavy atom. The van der Waals surface area contributed by atoms with Gasteiger partial charge in [0.05, 0.1) is 37.4 Å². The first-order chi connectivity index (χ1) is 22.7. The lowest BCUT2D eigenvalue weighted by Gasteiger charge is -2.39. The van der Waals surface area contributed by atoms with Gasteiger partial charge in [-0.2, -0.15) is 0 Å². The first-order valence-corrected chi connectivity index (χ1v) is 17.0. The molecule has 0 aromatic rings. The molecule has 4 aliphatic rings. The zero-order valence-electron chi connectivity index (χ0n) is 28.8. The number of hydrogen-bond acceptors (Lipinski definition) is 10. The molecule has 0 radical (unpaired) electrons.